The molecule has 2 aliphatic heterocycles. The van der Waals surface area contributed by atoms with Crippen LogP contribution in [0.4, 0.5) is 10.6 Å². The minimum Gasteiger partial charge on any atom is -0.346 e. The maximum absolute atomic E-state index is 12.7. The van der Waals surface area contributed by atoms with Gasteiger partial charge in [-0.25, -0.2) is 9.78 Å². The van der Waals surface area contributed by atoms with E-state index in [1.165, 1.54) is 5.56 Å². The van der Waals surface area contributed by atoms with Gasteiger partial charge < -0.3 is 10.2 Å². The number of likely N-dealkylation sites (tertiary alicyclic amines) is 1. The fourth-order valence-electron chi connectivity index (χ4n) is 4.14. The highest BCUT2D eigenvalue weighted by atomic mass is 16.2. The molecule has 1 aromatic heterocycles. The Morgan fingerprint density at radius 1 is 1.17 bits per heavy atom. The van der Waals surface area contributed by atoms with Gasteiger partial charge in [-0.05, 0) is 43.9 Å². The largest absolute Gasteiger partial charge is 0.346 e. The summed E-state index contributed by atoms with van der Waals surface area (Å²) in [5.41, 5.74) is 3.78. The Kier molecular flexibility index (Phi) is 5.05. The van der Waals surface area contributed by atoms with Crippen LogP contribution in [0.25, 0.3) is 6.08 Å². The van der Waals surface area contributed by atoms with E-state index in [1.54, 1.807) is 17.3 Å². The number of urea groups is 1. The molecule has 3 amide bonds. The molecule has 2 aromatic rings. The molecule has 0 unspecified atom stereocenters. The van der Waals surface area contributed by atoms with E-state index >= 15 is 0 Å². The number of hydrogen-bond donors (Lipinski definition) is 2. The van der Waals surface area contributed by atoms with Crippen LogP contribution in [0.2, 0.25) is 0 Å². The Hall–Kier alpha value is -3.22. The molecule has 0 saturated carbocycles. The number of anilines is 1. The van der Waals surface area contributed by atoms with Crippen molar-refractivity contribution >= 4 is 23.8 Å². The third kappa shape index (κ3) is 3.99. The number of amides is 3. The lowest BCUT2D eigenvalue weighted by Crippen LogP contribution is -2.57. The first-order chi connectivity index (χ1) is 13.9. The highest BCUT2D eigenvalue weighted by molar-refractivity contribution is 5.88. The second-order valence-electron chi connectivity index (χ2n) is 7.93. The lowest BCUT2D eigenvalue weighted by atomic mass is 9.76. The van der Waals surface area contributed by atoms with E-state index in [0.29, 0.717) is 38.2 Å². The van der Waals surface area contributed by atoms with E-state index in [4.69, 9.17) is 0 Å². The average molecular weight is 391 g/mol. The topological polar surface area (TPSA) is 87.2 Å². The average Bonchev–Trinajstić information content (AvgIpc) is 2.69. The fourth-order valence-corrected chi connectivity index (χ4v) is 4.14. The normalized spacial score (nSPS) is 17.3. The predicted molar refractivity (Wildman–Crippen MR) is 111 cm³/mol. The van der Waals surface area contributed by atoms with Gasteiger partial charge in [0.05, 0.1) is 30.0 Å². The number of carbonyl (C=O) groups excluding carboxylic acids is 2. The van der Waals surface area contributed by atoms with Crippen LogP contribution in [0.1, 0.15) is 43.5 Å². The summed E-state index contributed by atoms with van der Waals surface area (Å²) in [4.78, 5) is 35.2. The van der Waals surface area contributed by atoms with Gasteiger partial charge in [-0.15, -0.1) is 0 Å². The van der Waals surface area contributed by atoms with Gasteiger partial charge in [-0.1, -0.05) is 29.8 Å². The molecule has 2 aliphatic rings. The summed E-state index contributed by atoms with van der Waals surface area (Å²) < 4.78 is 0. The van der Waals surface area contributed by atoms with Crippen LogP contribution in [0.15, 0.2) is 42.2 Å². The molecule has 0 atom stereocenters. The molecule has 0 bridgehead atoms. The SMILES string of the molecule is CC(C)=Cc1cnc(NC(=O)N2CCC3(CC2)NC(=O)Cc2ccccc23)cn1. The van der Waals surface area contributed by atoms with Crippen molar-refractivity contribution < 1.29 is 9.59 Å². The van der Waals surface area contributed by atoms with Crippen molar-refractivity contribution in [3.63, 3.8) is 0 Å². The van der Waals surface area contributed by atoms with Crippen molar-refractivity contribution in [3.8, 4) is 0 Å². The number of hydrogen-bond acceptors (Lipinski definition) is 4. The summed E-state index contributed by atoms with van der Waals surface area (Å²) in [6.07, 6.45) is 6.93. The molecule has 1 aromatic carbocycles. The molecular weight excluding hydrogens is 366 g/mol. The summed E-state index contributed by atoms with van der Waals surface area (Å²) in [6.45, 7) is 5.11. The third-order valence-corrected chi connectivity index (χ3v) is 5.51. The molecule has 3 heterocycles. The van der Waals surface area contributed by atoms with E-state index in [2.05, 4.69) is 26.7 Å². The van der Waals surface area contributed by atoms with E-state index in [-0.39, 0.29) is 17.5 Å². The number of nitrogens with zero attached hydrogens (tertiary/aromatic N) is 3. The molecule has 1 saturated heterocycles. The van der Waals surface area contributed by atoms with Gasteiger partial charge in [0.25, 0.3) is 0 Å². The molecule has 2 N–H and O–H groups in total. The number of aromatic nitrogens is 2. The predicted octanol–water partition coefficient (Wildman–Crippen LogP) is 3.10. The Labute approximate surface area is 170 Å². The maximum Gasteiger partial charge on any atom is 0.323 e. The molecule has 7 nitrogen and oxygen atoms in total. The molecule has 1 spiro atoms. The number of carbonyl (C=O) groups is 2. The van der Waals surface area contributed by atoms with E-state index < -0.39 is 0 Å². The van der Waals surface area contributed by atoms with Gasteiger partial charge in [-0.2, -0.15) is 0 Å². The molecule has 29 heavy (non-hydrogen) atoms. The zero-order chi connectivity index (χ0) is 20.4. The lowest BCUT2D eigenvalue weighted by Gasteiger charge is -2.45. The smallest absolute Gasteiger partial charge is 0.323 e. The van der Waals surface area contributed by atoms with Crippen molar-refractivity contribution in [2.24, 2.45) is 0 Å². The highest BCUT2D eigenvalue weighted by Crippen LogP contribution is 2.37. The lowest BCUT2D eigenvalue weighted by molar-refractivity contribution is -0.123. The van der Waals surface area contributed by atoms with Gasteiger partial charge in [-0.3, -0.25) is 15.1 Å². The Bertz CT molecular complexity index is 955. The van der Waals surface area contributed by atoms with Gasteiger partial charge >= 0.3 is 6.03 Å². The molecule has 0 aliphatic carbocycles. The van der Waals surface area contributed by atoms with Crippen LogP contribution < -0.4 is 10.6 Å². The zero-order valence-corrected chi connectivity index (χ0v) is 16.7. The third-order valence-electron chi connectivity index (χ3n) is 5.51. The quantitative estimate of drug-likeness (QED) is 0.824. The van der Waals surface area contributed by atoms with E-state index in [9.17, 15) is 9.59 Å². The highest BCUT2D eigenvalue weighted by Gasteiger charge is 2.42. The zero-order valence-electron chi connectivity index (χ0n) is 16.7. The number of rotatable bonds is 2. The molecule has 7 heteroatoms. The van der Waals surface area contributed by atoms with Crippen LogP contribution in [-0.2, 0) is 16.8 Å². The van der Waals surface area contributed by atoms with Crippen LogP contribution in [0, 0.1) is 0 Å². The van der Waals surface area contributed by atoms with E-state index in [1.807, 2.05) is 38.1 Å². The monoisotopic (exact) mass is 391 g/mol. The molecule has 1 fully saturated rings. The summed E-state index contributed by atoms with van der Waals surface area (Å²) in [6, 6.07) is 7.90. The van der Waals surface area contributed by atoms with Crippen molar-refractivity contribution in [3.05, 3.63) is 59.1 Å². The number of benzene rings is 1. The molecule has 0 radical (unpaired) electrons. The number of nitrogens with one attached hydrogen (secondary N) is 2. The minimum absolute atomic E-state index is 0.0494. The van der Waals surface area contributed by atoms with Crippen molar-refractivity contribution in [1.82, 2.24) is 20.2 Å². The first kappa shape index (κ1) is 19.1. The van der Waals surface area contributed by atoms with Gasteiger partial charge in [0.1, 0.15) is 0 Å². The fraction of sp³-hybridized carbons (Fsp3) is 0.364. The second-order valence-corrected chi connectivity index (χ2v) is 7.93. The standard InChI is InChI=1S/C22H25N5O2/c1-15(2)11-17-13-24-19(14-23-17)25-21(29)27-9-7-22(8-10-27)18-6-4-3-5-16(18)12-20(28)26-22/h3-6,11,13-14H,7-10,12H2,1-2H3,(H,26,28)(H,24,25,29). The first-order valence-electron chi connectivity index (χ1n) is 9.87. The maximum atomic E-state index is 12.7. The molecular formula is C22H25N5O2. The number of piperidine rings is 1. The molecule has 4 rings (SSSR count). The Morgan fingerprint density at radius 3 is 2.62 bits per heavy atom. The number of allylic oxidation sites excluding steroid dienone is 1. The van der Waals surface area contributed by atoms with Crippen molar-refractivity contribution in [1.29, 1.82) is 0 Å². The van der Waals surface area contributed by atoms with Crippen LogP contribution >= 0.6 is 0 Å². The van der Waals surface area contributed by atoms with E-state index in [0.717, 1.165) is 16.8 Å². The summed E-state index contributed by atoms with van der Waals surface area (Å²) in [5, 5.41) is 6.01. The van der Waals surface area contributed by atoms with Gasteiger partial charge in [0.15, 0.2) is 5.82 Å². The van der Waals surface area contributed by atoms with Crippen LogP contribution in [-0.4, -0.2) is 39.9 Å². The van der Waals surface area contributed by atoms with Crippen molar-refractivity contribution in [2.75, 3.05) is 18.4 Å². The minimum atomic E-state index is -0.380. The van der Waals surface area contributed by atoms with Crippen molar-refractivity contribution in [2.45, 2.75) is 38.6 Å². The van der Waals surface area contributed by atoms with Gasteiger partial charge in [0.2, 0.25) is 5.91 Å². The van der Waals surface area contributed by atoms with Gasteiger partial charge in [0, 0.05) is 13.1 Å². The second kappa shape index (κ2) is 7.66. The number of fused-ring (bicyclic) bond motifs is 2. The summed E-state index contributed by atoms with van der Waals surface area (Å²) in [5.74, 6) is 0.478. The first-order valence-corrected chi connectivity index (χ1v) is 9.87. The Balaban J connectivity index is 1.42. The van der Waals surface area contributed by atoms with Crippen LogP contribution in [0.3, 0.4) is 0 Å². The summed E-state index contributed by atoms with van der Waals surface area (Å²) in [7, 11) is 0. The van der Waals surface area contributed by atoms with Crippen LogP contribution in [0.5, 0.6) is 0 Å². The molecule has 150 valence electrons. The Morgan fingerprint density at radius 2 is 1.93 bits per heavy atom. The summed E-state index contributed by atoms with van der Waals surface area (Å²) >= 11 is 0.